The van der Waals surface area contributed by atoms with Crippen LogP contribution in [0.4, 0.5) is 5.69 Å². The molecule has 0 fully saturated rings. The second-order valence-corrected chi connectivity index (χ2v) is 4.21. The van der Waals surface area contributed by atoms with Crippen LogP contribution in [-0.2, 0) is 6.42 Å². The molecule has 1 N–H and O–H groups in total. The Kier molecular flexibility index (Phi) is 3.45. The van der Waals surface area contributed by atoms with Crippen molar-refractivity contribution < 1.29 is 0 Å². The number of fused-ring (bicyclic) bond motifs is 1. The molecule has 2 aromatic carbocycles. The predicted molar refractivity (Wildman–Crippen MR) is 72.1 cm³/mol. The number of anilines is 1. The van der Waals surface area contributed by atoms with Gasteiger partial charge in [0.25, 0.3) is 0 Å². The van der Waals surface area contributed by atoms with Gasteiger partial charge in [0.2, 0.25) is 0 Å². The van der Waals surface area contributed by atoms with Crippen molar-refractivity contribution in [3.05, 3.63) is 42.0 Å². The highest BCUT2D eigenvalue weighted by Crippen LogP contribution is 2.24. The van der Waals surface area contributed by atoms with Crippen molar-refractivity contribution in [3.8, 4) is 0 Å². The lowest BCUT2D eigenvalue weighted by molar-refractivity contribution is 0.796. The summed E-state index contributed by atoms with van der Waals surface area (Å²) in [6.07, 6.45) is 3.71. The molecule has 0 saturated carbocycles. The molecule has 0 aliphatic carbocycles. The van der Waals surface area contributed by atoms with Gasteiger partial charge in [-0.05, 0) is 35.9 Å². The van der Waals surface area contributed by atoms with E-state index in [1.54, 1.807) is 0 Å². The Morgan fingerprint density at radius 3 is 2.75 bits per heavy atom. The largest absolute Gasteiger partial charge is 0.388 e. The number of hydrogen-bond donors (Lipinski definition) is 1. The molecule has 0 aliphatic heterocycles. The van der Waals surface area contributed by atoms with Crippen LogP contribution in [0.1, 0.15) is 25.3 Å². The first-order valence-corrected chi connectivity index (χ1v) is 6.04. The van der Waals surface area contributed by atoms with Crippen molar-refractivity contribution in [2.75, 3.05) is 12.4 Å². The topological polar surface area (TPSA) is 12.0 Å². The second-order valence-electron chi connectivity index (χ2n) is 4.21. The van der Waals surface area contributed by atoms with Gasteiger partial charge in [0.05, 0.1) is 0 Å². The number of rotatable bonds is 4. The summed E-state index contributed by atoms with van der Waals surface area (Å²) in [7, 11) is 1.98. The Morgan fingerprint density at radius 1 is 1.12 bits per heavy atom. The first-order valence-electron chi connectivity index (χ1n) is 6.04. The Labute approximate surface area is 97.5 Å². The molecule has 0 aromatic heterocycles. The summed E-state index contributed by atoms with van der Waals surface area (Å²) < 4.78 is 0. The molecule has 0 amide bonds. The van der Waals surface area contributed by atoms with E-state index in [1.165, 1.54) is 41.3 Å². The maximum atomic E-state index is 3.25. The third-order valence-corrected chi connectivity index (χ3v) is 3.03. The van der Waals surface area contributed by atoms with Gasteiger partial charge in [0, 0.05) is 18.1 Å². The highest BCUT2D eigenvalue weighted by Gasteiger charge is 2.00. The Morgan fingerprint density at radius 2 is 2.00 bits per heavy atom. The van der Waals surface area contributed by atoms with Gasteiger partial charge in [0.1, 0.15) is 0 Å². The first-order chi connectivity index (χ1) is 7.85. The normalized spacial score (nSPS) is 10.6. The van der Waals surface area contributed by atoms with E-state index in [4.69, 9.17) is 0 Å². The molecule has 0 unspecified atom stereocenters. The fraction of sp³-hybridized carbons (Fsp3) is 0.333. The summed E-state index contributed by atoms with van der Waals surface area (Å²) in [6.45, 7) is 2.24. The van der Waals surface area contributed by atoms with E-state index in [9.17, 15) is 0 Å². The maximum absolute atomic E-state index is 3.25. The molecule has 0 heterocycles. The van der Waals surface area contributed by atoms with Crippen molar-refractivity contribution in [1.82, 2.24) is 0 Å². The van der Waals surface area contributed by atoms with Gasteiger partial charge in [-0.1, -0.05) is 37.6 Å². The zero-order valence-electron chi connectivity index (χ0n) is 10.1. The van der Waals surface area contributed by atoms with Crippen LogP contribution < -0.4 is 5.32 Å². The lowest BCUT2D eigenvalue weighted by Gasteiger charge is -2.08. The minimum atomic E-state index is 1.19. The maximum Gasteiger partial charge on any atom is 0.0417 e. The molecule has 2 rings (SSSR count). The zero-order chi connectivity index (χ0) is 11.4. The quantitative estimate of drug-likeness (QED) is 0.801. The number of aryl methyl sites for hydroxylation is 1. The monoisotopic (exact) mass is 213 g/mol. The van der Waals surface area contributed by atoms with E-state index in [0.29, 0.717) is 0 Å². The summed E-state index contributed by atoms with van der Waals surface area (Å²) >= 11 is 0. The van der Waals surface area contributed by atoms with Crippen molar-refractivity contribution in [2.45, 2.75) is 26.2 Å². The third-order valence-electron chi connectivity index (χ3n) is 3.03. The van der Waals surface area contributed by atoms with E-state index >= 15 is 0 Å². The van der Waals surface area contributed by atoms with E-state index < -0.39 is 0 Å². The average Bonchev–Trinajstić information content (AvgIpc) is 2.35. The molecule has 0 aliphatic rings. The van der Waals surface area contributed by atoms with Gasteiger partial charge in [0.15, 0.2) is 0 Å². The minimum Gasteiger partial charge on any atom is -0.388 e. The number of benzene rings is 2. The van der Waals surface area contributed by atoms with Crippen LogP contribution in [0.3, 0.4) is 0 Å². The van der Waals surface area contributed by atoms with E-state index in [0.717, 1.165) is 0 Å². The summed E-state index contributed by atoms with van der Waals surface area (Å²) in [6, 6.07) is 13.2. The highest BCUT2D eigenvalue weighted by atomic mass is 14.8. The highest BCUT2D eigenvalue weighted by molar-refractivity contribution is 5.94. The van der Waals surface area contributed by atoms with Crippen molar-refractivity contribution in [1.29, 1.82) is 0 Å². The molecule has 0 radical (unpaired) electrons. The first kappa shape index (κ1) is 11.0. The van der Waals surface area contributed by atoms with Gasteiger partial charge in [-0.3, -0.25) is 0 Å². The van der Waals surface area contributed by atoms with E-state index in [1.807, 2.05) is 7.05 Å². The van der Waals surface area contributed by atoms with Crippen LogP contribution in [0.5, 0.6) is 0 Å². The van der Waals surface area contributed by atoms with Crippen LogP contribution in [0, 0.1) is 0 Å². The van der Waals surface area contributed by atoms with Crippen LogP contribution in [0.15, 0.2) is 36.4 Å². The number of unbranched alkanes of at least 4 members (excludes halogenated alkanes) is 1. The second kappa shape index (κ2) is 5.02. The molecule has 0 saturated heterocycles. The molecule has 0 atom stereocenters. The van der Waals surface area contributed by atoms with E-state index in [2.05, 4.69) is 48.6 Å². The Bertz CT molecular complexity index is 474. The standard InChI is InChI=1S/C15H19N/c1-3-4-6-12-9-10-13-7-5-8-15(16-2)14(13)11-12/h5,7-11,16H,3-4,6H2,1-2H3. The van der Waals surface area contributed by atoms with Crippen LogP contribution in [0.2, 0.25) is 0 Å². The molecular formula is C15H19N. The fourth-order valence-corrected chi connectivity index (χ4v) is 2.07. The van der Waals surface area contributed by atoms with Gasteiger partial charge >= 0.3 is 0 Å². The van der Waals surface area contributed by atoms with Crippen molar-refractivity contribution in [2.24, 2.45) is 0 Å². The van der Waals surface area contributed by atoms with Gasteiger partial charge in [-0.15, -0.1) is 0 Å². The predicted octanol–water partition coefficient (Wildman–Crippen LogP) is 4.22. The SMILES string of the molecule is CCCCc1ccc2cccc(NC)c2c1. The molecule has 0 spiro atoms. The minimum absolute atomic E-state index is 1.19. The average molecular weight is 213 g/mol. The Balaban J connectivity index is 2.42. The molecule has 2 aromatic rings. The lowest BCUT2D eigenvalue weighted by atomic mass is 10.0. The van der Waals surface area contributed by atoms with Crippen molar-refractivity contribution in [3.63, 3.8) is 0 Å². The molecular weight excluding hydrogens is 194 g/mol. The van der Waals surface area contributed by atoms with Crippen LogP contribution in [-0.4, -0.2) is 7.05 Å². The van der Waals surface area contributed by atoms with Crippen LogP contribution >= 0.6 is 0 Å². The van der Waals surface area contributed by atoms with Crippen LogP contribution in [0.25, 0.3) is 10.8 Å². The smallest absolute Gasteiger partial charge is 0.0417 e. The Hall–Kier alpha value is -1.50. The molecule has 1 nitrogen and oxygen atoms in total. The van der Waals surface area contributed by atoms with Gasteiger partial charge in [-0.25, -0.2) is 0 Å². The summed E-state index contributed by atoms with van der Waals surface area (Å²) in [5, 5.41) is 5.90. The van der Waals surface area contributed by atoms with Crippen molar-refractivity contribution >= 4 is 16.5 Å². The zero-order valence-corrected chi connectivity index (χ0v) is 10.1. The lowest BCUT2D eigenvalue weighted by Crippen LogP contribution is -1.91. The number of hydrogen-bond acceptors (Lipinski definition) is 1. The third kappa shape index (κ3) is 2.19. The fourth-order valence-electron chi connectivity index (χ4n) is 2.07. The number of nitrogens with one attached hydrogen (secondary N) is 1. The molecule has 84 valence electrons. The molecule has 1 heteroatoms. The molecule has 16 heavy (non-hydrogen) atoms. The summed E-state index contributed by atoms with van der Waals surface area (Å²) in [4.78, 5) is 0. The van der Waals surface area contributed by atoms with Gasteiger partial charge in [-0.2, -0.15) is 0 Å². The summed E-state index contributed by atoms with van der Waals surface area (Å²) in [5.74, 6) is 0. The van der Waals surface area contributed by atoms with Gasteiger partial charge < -0.3 is 5.32 Å². The molecule has 0 bridgehead atoms. The van der Waals surface area contributed by atoms with E-state index in [-0.39, 0.29) is 0 Å². The summed E-state index contributed by atoms with van der Waals surface area (Å²) in [5.41, 5.74) is 2.66.